The van der Waals surface area contributed by atoms with Crippen LogP contribution < -0.4 is 18.9 Å². The van der Waals surface area contributed by atoms with E-state index in [0.717, 1.165) is 81.5 Å². The number of esters is 2. The predicted octanol–water partition coefficient (Wildman–Crippen LogP) is 6.02. The molecular weight excluding hydrogens is 861 g/mol. The number of ketones is 2. The molecular formula is C56H58N2O10. The van der Waals surface area contributed by atoms with Gasteiger partial charge in [0.15, 0.2) is 46.8 Å². The highest BCUT2D eigenvalue weighted by Gasteiger charge is 2.75. The van der Waals surface area contributed by atoms with Crippen LogP contribution >= 0.6 is 0 Å². The van der Waals surface area contributed by atoms with Crippen LogP contribution in [0.1, 0.15) is 109 Å². The Balaban J connectivity index is 0.696. The standard InChI is InChI=1S/C56H58N2O10/c1-29-33(25-45(61)65-41-13-9-35-23-43-55(63)17-15-39(59)51-53(55,47(35)49(41)67-51)19-21-57(43)27-31-3-4-31)7-12-38-30(2)34(8-11-37(29)38)26-46(62)66-42-14-10-36-24-44-56(64)18-16-40(60)52-54(56,48(36)50(42)68-52)20-22-58(44)28-32-5-6-32/h7-14,31-32,43-44,51-52,63-64H,3-6,15-28H2,1-2H3/t43-,44-,51+,52+,53+,54?,55-,56-/m1/s1. The number of carbonyl (C=O) groups excluding carboxylic acids is 4. The van der Waals surface area contributed by atoms with Gasteiger partial charge in [-0.3, -0.25) is 29.0 Å². The van der Waals surface area contributed by atoms with E-state index in [0.29, 0.717) is 73.4 Å². The topological polar surface area (TPSA) is 152 Å². The largest absolute Gasteiger partial charge is 0.477 e. The molecule has 4 aromatic carbocycles. The van der Waals surface area contributed by atoms with Crippen LogP contribution in [0.25, 0.3) is 10.8 Å². The number of aryl methyl sites for hydroxylation is 2. The maximum atomic E-state index is 13.9. The van der Waals surface area contributed by atoms with Crippen LogP contribution in [0.3, 0.4) is 0 Å². The van der Waals surface area contributed by atoms with Crippen molar-refractivity contribution in [1.29, 1.82) is 0 Å². The number of Topliss-reactive ketones (excluding diaryl/α,β-unsaturated/α-hetero) is 2. The van der Waals surface area contributed by atoms with Crippen molar-refractivity contribution in [1.82, 2.24) is 9.80 Å². The van der Waals surface area contributed by atoms with Crippen molar-refractivity contribution in [2.24, 2.45) is 11.8 Å². The Bertz CT molecular complexity index is 2760. The molecule has 0 radical (unpaired) electrons. The van der Waals surface area contributed by atoms with Crippen molar-refractivity contribution in [2.45, 2.75) is 150 Å². The first-order chi connectivity index (χ1) is 32.8. The van der Waals surface area contributed by atoms with E-state index in [9.17, 15) is 29.4 Å². The van der Waals surface area contributed by atoms with Gasteiger partial charge in [0.1, 0.15) is 0 Å². The van der Waals surface area contributed by atoms with Gasteiger partial charge in [-0.15, -0.1) is 0 Å². The highest BCUT2D eigenvalue weighted by Crippen LogP contribution is 2.67. The number of benzene rings is 4. The lowest BCUT2D eigenvalue weighted by Gasteiger charge is -2.62. The Kier molecular flexibility index (Phi) is 8.75. The second-order valence-corrected chi connectivity index (χ2v) is 22.5. The van der Waals surface area contributed by atoms with Crippen molar-refractivity contribution in [3.8, 4) is 23.0 Å². The first kappa shape index (κ1) is 41.8. The van der Waals surface area contributed by atoms with Crippen molar-refractivity contribution >= 4 is 34.3 Å². The Labute approximate surface area is 395 Å². The lowest BCUT2D eigenvalue weighted by atomic mass is 9.49. The van der Waals surface area contributed by atoms with E-state index in [1.165, 1.54) is 25.7 Å². The molecule has 14 rings (SSSR count). The normalized spacial score (nSPS) is 33.7. The number of hydrogen-bond acceptors (Lipinski definition) is 12. The number of fused-ring (bicyclic) bond motifs is 1. The summed E-state index contributed by atoms with van der Waals surface area (Å²) in [6.45, 7) is 7.54. The van der Waals surface area contributed by atoms with Gasteiger partial charge in [-0.1, -0.05) is 36.4 Å². The van der Waals surface area contributed by atoms with Crippen molar-refractivity contribution in [2.75, 3.05) is 26.2 Å². The number of nitrogens with zero attached hydrogens (tertiary/aromatic N) is 2. The van der Waals surface area contributed by atoms with Crippen LogP contribution in [0.5, 0.6) is 23.0 Å². The molecule has 0 amide bonds. The molecule has 2 spiro atoms. The highest BCUT2D eigenvalue weighted by molar-refractivity contribution is 5.94. The number of rotatable bonds is 10. The molecule has 4 bridgehead atoms. The molecule has 6 fully saturated rings. The van der Waals surface area contributed by atoms with E-state index in [-0.39, 0.29) is 49.3 Å². The Morgan fingerprint density at radius 3 is 1.46 bits per heavy atom. The molecule has 2 saturated heterocycles. The molecule has 68 heavy (non-hydrogen) atoms. The van der Waals surface area contributed by atoms with E-state index in [4.69, 9.17) is 18.9 Å². The first-order valence-electron chi connectivity index (χ1n) is 25.4. The lowest BCUT2D eigenvalue weighted by molar-refractivity contribution is -0.188. The third kappa shape index (κ3) is 5.51. The minimum absolute atomic E-state index is 0.00245. The van der Waals surface area contributed by atoms with Gasteiger partial charge in [-0.2, -0.15) is 0 Å². The Morgan fingerprint density at radius 2 is 1.04 bits per heavy atom. The average molecular weight is 919 g/mol. The fourth-order valence-corrected chi connectivity index (χ4v) is 15.5. The van der Waals surface area contributed by atoms with E-state index >= 15 is 0 Å². The minimum Gasteiger partial charge on any atom is -0.477 e. The smallest absolute Gasteiger partial charge is 0.315 e. The molecule has 8 atom stereocenters. The Hall–Kier alpha value is -5.14. The van der Waals surface area contributed by atoms with Crippen molar-refractivity contribution in [3.63, 3.8) is 0 Å². The summed E-state index contributed by atoms with van der Waals surface area (Å²) >= 11 is 0. The summed E-state index contributed by atoms with van der Waals surface area (Å²) in [7, 11) is 0. The van der Waals surface area contributed by atoms with Crippen molar-refractivity contribution in [3.05, 3.63) is 93.0 Å². The van der Waals surface area contributed by atoms with E-state index in [2.05, 4.69) is 9.80 Å². The fraction of sp³-hybridized carbons (Fsp3) is 0.536. The van der Waals surface area contributed by atoms with Gasteiger partial charge in [-0.05, 0) is 159 Å². The fourth-order valence-electron chi connectivity index (χ4n) is 15.5. The molecule has 4 aliphatic heterocycles. The lowest BCUT2D eigenvalue weighted by Crippen LogP contribution is -2.76. The molecule has 4 saturated carbocycles. The number of carbonyl (C=O) groups is 4. The first-order valence-corrected chi connectivity index (χ1v) is 25.4. The summed E-state index contributed by atoms with van der Waals surface area (Å²) in [5, 5.41) is 27.3. The van der Waals surface area contributed by atoms with Crippen LogP contribution in [0.2, 0.25) is 0 Å². The molecule has 12 heteroatoms. The molecule has 0 aromatic heterocycles. The molecule has 352 valence electrons. The molecule has 4 aromatic rings. The summed E-state index contributed by atoms with van der Waals surface area (Å²) in [5.74, 6) is 1.92. The zero-order chi connectivity index (χ0) is 46.2. The van der Waals surface area contributed by atoms with Crippen LogP contribution in [0.4, 0.5) is 0 Å². The quantitative estimate of drug-likeness (QED) is 0.142. The number of piperidine rings is 2. The van der Waals surface area contributed by atoms with E-state index in [1.807, 2.05) is 50.2 Å². The predicted molar refractivity (Wildman–Crippen MR) is 248 cm³/mol. The summed E-state index contributed by atoms with van der Waals surface area (Å²) in [6, 6.07) is 15.3. The average Bonchev–Trinajstić information content (AvgIpc) is 4.25. The van der Waals surface area contributed by atoms with Gasteiger partial charge >= 0.3 is 11.9 Å². The molecule has 4 heterocycles. The summed E-state index contributed by atoms with van der Waals surface area (Å²) in [4.78, 5) is 59.8. The van der Waals surface area contributed by atoms with Gasteiger partial charge in [0, 0.05) is 49.1 Å². The minimum atomic E-state index is -1.10. The number of likely N-dealkylation sites (tertiary alicyclic amines) is 2. The van der Waals surface area contributed by atoms with Crippen LogP contribution in [-0.4, -0.2) is 105 Å². The molecule has 2 N–H and O–H groups in total. The second-order valence-electron chi connectivity index (χ2n) is 22.5. The van der Waals surface area contributed by atoms with Gasteiger partial charge < -0.3 is 29.2 Å². The second kappa shape index (κ2) is 14.2. The van der Waals surface area contributed by atoms with Gasteiger partial charge in [0.25, 0.3) is 0 Å². The molecule has 12 nitrogen and oxygen atoms in total. The highest BCUT2D eigenvalue weighted by atomic mass is 16.6. The van der Waals surface area contributed by atoms with Crippen LogP contribution in [0, 0.1) is 25.7 Å². The molecule has 1 unspecified atom stereocenters. The molecule has 6 aliphatic carbocycles. The maximum absolute atomic E-state index is 13.9. The van der Waals surface area contributed by atoms with E-state index in [1.54, 1.807) is 12.1 Å². The monoisotopic (exact) mass is 918 g/mol. The van der Waals surface area contributed by atoms with Crippen LogP contribution in [0.15, 0.2) is 48.5 Å². The zero-order valence-electron chi connectivity index (χ0n) is 38.9. The number of hydrogen-bond donors (Lipinski definition) is 2. The van der Waals surface area contributed by atoms with Gasteiger partial charge in [0.2, 0.25) is 0 Å². The van der Waals surface area contributed by atoms with Crippen molar-refractivity contribution < 1.29 is 48.3 Å². The maximum Gasteiger partial charge on any atom is 0.315 e. The number of ether oxygens (including phenoxy) is 4. The zero-order valence-corrected chi connectivity index (χ0v) is 38.9. The number of aliphatic hydroxyl groups is 2. The third-order valence-electron chi connectivity index (χ3n) is 19.2. The van der Waals surface area contributed by atoms with Gasteiger partial charge in [0.05, 0.1) is 34.9 Å². The summed E-state index contributed by atoms with van der Waals surface area (Å²) in [5.41, 5.74) is 3.44. The Morgan fingerprint density at radius 1 is 0.618 bits per heavy atom. The van der Waals surface area contributed by atoms with Crippen LogP contribution in [-0.2, 0) is 55.7 Å². The third-order valence-corrected chi connectivity index (χ3v) is 19.2. The summed E-state index contributed by atoms with van der Waals surface area (Å²) < 4.78 is 25.4. The van der Waals surface area contributed by atoms with Gasteiger partial charge in [-0.25, -0.2) is 0 Å². The summed E-state index contributed by atoms with van der Waals surface area (Å²) in [6.07, 6.45) is 7.32. The SMILES string of the molecule is Cc1c(CC(=O)Oc2ccc3c4c2O[C@H]2C(=O)CC[C@@]5(O)[C@@H](C3)N(CC3CC3)CCC425)ccc2c(C)c(CC(=O)Oc3ccc4c5c3O[C@H]3C(=O)CC[C@@]6(O)[C@@H](C4)N(CC4CC4)CC[C@]536)ccc12. The molecule has 10 aliphatic rings. The van der Waals surface area contributed by atoms with E-state index < -0.39 is 46.2 Å².